The summed E-state index contributed by atoms with van der Waals surface area (Å²) in [6.07, 6.45) is 1.83. The van der Waals surface area contributed by atoms with Crippen LogP contribution in [-0.4, -0.2) is 29.0 Å². The minimum atomic E-state index is -4.56. The lowest BCUT2D eigenvalue weighted by molar-refractivity contribution is -0.290. The van der Waals surface area contributed by atoms with Crippen molar-refractivity contribution in [1.82, 2.24) is 0 Å². The standard InChI is InChI=1S/C32H41F3O3/c1-4-8-24(38-28(36)21-9-6-5-7-10-21)19-22-12-14-26-25-13-11-23-20-31(37,32(33,34)35)18-17-30(23,3)27(25)15-16-29(22,26)2/h5-7,9-10,22-27,37H,11-20H2,1-3H3/t22-,23-,24-,25+,26+,27+,29-,30+,31-/m1/s1. The Kier molecular flexibility index (Phi) is 7.16. The van der Waals surface area contributed by atoms with E-state index in [2.05, 4.69) is 25.7 Å². The minimum Gasteiger partial charge on any atom is -0.446 e. The molecule has 3 nitrogen and oxygen atoms in total. The molecule has 4 aliphatic carbocycles. The van der Waals surface area contributed by atoms with Gasteiger partial charge in [-0.05, 0) is 124 Å². The van der Waals surface area contributed by atoms with Gasteiger partial charge in [0.15, 0.2) is 11.7 Å². The second kappa shape index (κ2) is 9.88. The number of halogens is 3. The number of esters is 1. The van der Waals surface area contributed by atoms with Crippen LogP contribution in [0.2, 0.25) is 0 Å². The molecule has 9 atom stereocenters. The number of ether oxygens (including phenoxy) is 1. The average Bonchev–Trinajstić information content (AvgIpc) is 3.20. The quantitative estimate of drug-likeness (QED) is 0.322. The van der Waals surface area contributed by atoms with Crippen LogP contribution in [0.5, 0.6) is 0 Å². The molecular formula is C32H41F3O3. The second-order valence-electron chi connectivity index (χ2n) is 13.1. The van der Waals surface area contributed by atoms with Crippen molar-refractivity contribution in [2.45, 2.75) is 103 Å². The van der Waals surface area contributed by atoms with E-state index in [1.807, 2.05) is 18.2 Å². The number of carbonyl (C=O) groups excluding carboxylic acids is 1. The molecular weight excluding hydrogens is 489 g/mol. The molecule has 0 unspecified atom stereocenters. The Morgan fingerprint density at radius 2 is 1.74 bits per heavy atom. The van der Waals surface area contributed by atoms with Crippen molar-refractivity contribution in [2.24, 2.45) is 40.4 Å². The molecule has 0 bridgehead atoms. The van der Waals surface area contributed by atoms with Crippen molar-refractivity contribution >= 4 is 5.97 Å². The first-order valence-electron chi connectivity index (χ1n) is 14.4. The van der Waals surface area contributed by atoms with Crippen LogP contribution < -0.4 is 0 Å². The Balaban J connectivity index is 1.29. The largest absolute Gasteiger partial charge is 0.446 e. The highest BCUT2D eigenvalue weighted by atomic mass is 19.4. The number of alkyl halides is 3. The predicted molar refractivity (Wildman–Crippen MR) is 140 cm³/mol. The van der Waals surface area contributed by atoms with E-state index < -0.39 is 17.9 Å². The molecule has 208 valence electrons. The SMILES string of the molecule is CC#C[C@H](C[C@H]1CC[C@H]2[C@@H]3CC[C@@H]4C[C@@](O)(C(F)(F)F)CC[C@]4(C)[C@H]3CC[C@]12C)OC(=O)c1ccccc1. The van der Waals surface area contributed by atoms with Crippen LogP contribution in [0, 0.1) is 52.3 Å². The third-order valence-electron chi connectivity index (χ3n) is 11.5. The molecule has 0 amide bonds. The van der Waals surface area contributed by atoms with Crippen molar-refractivity contribution in [2.75, 3.05) is 0 Å². The lowest BCUT2D eigenvalue weighted by atomic mass is 9.43. The molecule has 5 rings (SSSR count). The minimum absolute atomic E-state index is 0.0766. The van der Waals surface area contributed by atoms with E-state index >= 15 is 0 Å². The Hall–Kier alpha value is -2.00. The molecule has 1 N–H and O–H groups in total. The van der Waals surface area contributed by atoms with Gasteiger partial charge in [0.1, 0.15) is 0 Å². The molecule has 0 saturated heterocycles. The van der Waals surface area contributed by atoms with E-state index in [-0.39, 0.29) is 35.6 Å². The van der Waals surface area contributed by atoms with E-state index in [1.165, 1.54) is 0 Å². The van der Waals surface area contributed by atoms with Gasteiger partial charge in [0, 0.05) is 0 Å². The molecule has 0 radical (unpaired) electrons. The number of aliphatic hydroxyl groups is 1. The lowest BCUT2D eigenvalue weighted by Gasteiger charge is -2.62. The van der Waals surface area contributed by atoms with Gasteiger partial charge in [-0.2, -0.15) is 13.2 Å². The van der Waals surface area contributed by atoms with Crippen LogP contribution in [0.15, 0.2) is 30.3 Å². The van der Waals surface area contributed by atoms with Crippen molar-refractivity contribution in [3.05, 3.63) is 35.9 Å². The summed E-state index contributed by atoms with van der Waals surface area (Å²) in [5, 5.41) is 10.5. The summed E-state index contributed by atoms with van der Waals surface area (Å²) in [4.78, 5) is 12.8. The molecule has 4 aliphatic rings. The fraction of sp³-hybridized carbons (Fsp3) is 0.719. The smallest absolute Gasteiger partial charge is 0.417 e. The van der Waals surface area contributed by atoms with Gasteiger partial charge >= 0.3 is 12.1 Å². The van der Waals surface area contributed by atoms with Gasteiger partial charge in [0.25, 0.3) is 0 Å². The molecule has 6 heteroatoms. The first kappa shape index (κ1) is 27.6. The van der Waals surface area contributed by atoms with Gasteiger partial charge in [-0.1, -0.05) is 38.0 Å². The number of benzene rings is 1. The van der Waals surface area contributed by atoms with E-state index in [9.17, 15) is 23.1 Å². The van der Waals surface area contributed by atoms with E-state index in [1.54, 1.807) is 19.1 Å². The zero-order valence-electron chi connectivity index (χ0n) is 22.8. The van der Waals surface area contributed by atoms with E-state index in [0.717, 1.165) is 44.9 Å². The zero-order chi connectivity index (χ0) is 27.3. The molecule has 0 heterocycles. The number of hydrogen-bond donors (Lipinski definition) is 1. The predicted octanol–water partition coefficient (Wildman–Crippen LogP) is 7.58. The van der Waals surface area contributed by atoms with Crippen LogP contribution in [0.1, 0.15) is 95.3 Å². The summed E-state index contributed by atoms with van der Waals surface area (Å²) < 4.78 is 46.8. The van der Waals surface area contributed by atoms with Crippen LogP contribution in [0.4, 0.5) is 13.2 Å². The summed E-state index contributed by atoms with van der Waals surface area (Å²) in [7, 11) is 0. The summed E-state index contributed by atoms with van der Waals surface area (Å²) in [6, 6.07) is 9.02. The molecule has 1 aromatic carbocycles. The molecule has 4 fully saturated rings. The Bertz CT molecular complexity index is 1090. The number of fused-ring (bicyclic) bond motifs is 5. The average molecular weight is 531 g/mol. The van der Waals surface area contributed by atoms with Crippen LogP contribution in [0.25, 0.3) is 0 Å². The third kappa shape index (κ3) is 4.57. The van der Waals surface area contributed by atoms with Crippen LogP contribution >= 0.6 is 0 Å². The van der Waals surface area contributed by atoms with Gasteiger partial charge in [-0.15, -0.1) is 5.92 Å². The van der Waals surface area contributed by atoms with Gasteiger partial charge in [0.2, 0.25) is 0 Å². The van der Waals surface area contributed by atoms with Crippen LogP contribution in [-0.2, 0) is 4.74 Å². The first-order chi connectivity index (χ1) is 17.9. The maximum atomic E-state index is 13.7. The lowest BCUT2D eigenvalue weighted by Crippen LogP contribution is -2.59. The summed E-state index contributed by atoms with van der Waals surface area (Å²) in [6.45, 7) is 6.39. The van der Waals surface area contributed by atoms with Crippen molar-refractivity contribution in [3.63, 3.8) is 0 Å². The highest BCUT2D eigenvalue weighted by Crippen LogP contribution is 2.69. The summed E-state index contributed by atoms with van der Waals surface area (Å²) >= 11 is 0. The van der Waals surface area contributed by atoms with Crippen LogP contribution in [0.3, 0.4) is 0 Å². The molecule has 38 heavy (non-hydrogen) atoms. The summed E-state index contributed by atoms with van der Waals surface area (Å²) in [5.41, 5.74) is -2.01. The van der Waals surface area contributed by atoms with Crippen molar-refractivity contribution in [3.8, 4) is 11.8 Å². The number of rotatable bonds is 4. The van der Waals surface area contributed by atoms with Crippen molar-refractivity contribution in [1.29, 1.82) is 0 Å². The monoisotopic (exact) mass is 530 g/mol. The highest BCUT2D eigenvalue weighted by molar-refractivity contribution is 5.89. The van der Waals surface area contributed by atoms with E-state index in [4.69, 9.17) is 4.74 Å². The van der Waals surface area contributed by atoms with Gasteiger partial charge in [0.05, 0.1) is 5.56 Å². The topological polar surface area (TPSA) is 46.5 Å². The molecule has 0 aromatic heterocycles. The van der Waals surface area contributed by atoms with Crippen molar-refractivity contribution < 1.29 is 27.8 Å². The summed E-state index contributed by atoms with van der Waals surface area (Å²) in [5.74, 6) is 7.53. The maximum absolute atomic E-state index is 13.7. The molecule has 0 aliphatic heterocycles. The Labute approximate surface area is 224 Å². The second-order valence-corrected chi connectivity index (χ2v) is 13.1. The fourth-order valence-electron chi connectivity index (χ4n) is 9.33. The first-order valence-corrected chi connectivity index (χ1v) is 14.4. The highest BCUT2D eigenvalue weighted by Gasteiger charge is 2.65. The molecule has 1 aromatic rings. The number of hydrogen-bond acceptors (Lipinski definition) is 3. The van der Waals surface area contributed by atoms with Gasteiger partial charge in [-0.25, -0.2) is 4.79 Å². The van der Waals surface area contributed by atoms with E-state index in [0.29, 0.717) is 35.7 Å². The Morgan fingerprint density at radius 3 is 2.42 bits per heavy atom. The number of carbonyl (C=O) groups is 1. The van der Waals surface area contributed by atoms with Gasteiger partial charge < -0.3 is 9.84 Å². The molecule has 0 spiro atoms. The Morgan fingerprint density at radius 1 is 1.03 bits per heavy atom. The van der Waals surface area contributed by atoms with Gasteiger partial charge in [-0.3, -0.25) is 0 Å². The fourth-order valence-corrected chi connectivity index (χ4v) is 9.33. The molecule has 4 saturated carbocycles. The zero-order valence-corrected chi connectivity index (χ0v) is 22.8. The third-order valence-corrected chi connectivity index (χ3v) is 11.5. The maximum Gasteiger partial charge on any atom is 0.417 e. The normalized spacial score (nSPS) is 41.1.